The molecule has 5 heteroatoms. The lowest BCUT2D eigenvalue weighted by atomic mass is 10.3. The highest BCUT2D eigenvalue weighted by molar-refractivity contribution is 7.89. The Morgan fingerprint density at radius 2 is 2.13 bits per heavy atom. The summed E-state index contributed by atoms with van der Waals surface area (Å²) < 4.78 is 26.3. The summed E-state index contributed by atoms with van der Waals surface area (Å²) in [4.78, 5) is 0.238. The Morgan fingerprint density at radius 1 is 1.47 bits per heavy atom. The normalized spacial score (nSPS) is 25.1. The molecule has 2 rings (SSSR count). The summed E-state index contributed by atoms with van der Waals surface area (Å²) >= 11 is 0. The molecule has 0 heterocycles. The van der Waals surface area contributed by atoms with Crippen molar-refractivity contribution in [3.8, 4) is 0 Å². The van der Waals surface area contributed by atoms with Crippen molar-refractivity contribution in [2.75, 3.05) is 5.73 Å². The maximum atomic E-state index is 11.8. The summed E-state index contributed by atoms with van der Waals surface area (Å²) in [5.41, 5.74) is 6.00. The van der Waals surface area contributed by atoms with Gasteiger partial charge in [-0.2, -0.15) is 0 Å². The highest BCUT2D eigenvalue weighted by Crippen LogP contribution is 2.30. The van der Waals surface area contributed by atoms with Gasteiger partial charge in [0.05, 0.1) is 4.90 Å². The first kappa shape index (κ1) is 10.4. The summed E-state index contributed by atoms with van der Waals surface area (Å²) in [6, 6.07) is 6.41. The zero-order valence-corrected chi connectivity index (χ0v) is 9.29. The van der Waals surface area contributed by atoms with Gasteiger partial charge >= 0.3 is 0 Å². The largest absolute Gasteiger partial charge is 0.399 e. The van der Waals surface area contributed by atoms with Crippen LogP contribution in [0.1, 0.15) is 13.3 Å². The highest BCUT2D eigenvalue weighted by Gasteiger charge is 2.36. The van der Waals surface area contributed by atoms with Crippen LogP contribution in [0.25, 0.3) is 0 Å². The third kappa shape index (κ3) is 2.30. The van der Waals surface area contributed by atoms with E-state index in [1.54, 1.807) is 18.2 Å². The van der Waals surface area contributed by atoms with Gasteiger partial charge in [-0.3, -0.25) is 0 Å². The molecular formula is C10H14N2O2S. The lowest BCUT2D eigenvalue weighted by molar-refractivity contribution is 0.578. The summed E-state index contributed by atoms with van der Waals surface area (Å²) in [6.45, 7) is 2.02. The van der Waals surface area contributed by atoms with E-state index in [1.807, 2.05) is 6.92 Å². The van der Waals surface area contributed by atoms with E-state index < -0.39 is 10.0 Å². The summed E-state index contributed by atoms with van der Waals surface area (Å²) in [6.07, 6.45) is 0.918. The Hall–Kier alpha value is -1.07. The van der Waals surface area contributed by atoms with Crippen LogP contribution in [-0.2, 0) is 10.0 Å². The molecule has 1 fully saturated rings. The van der Waals surface area contributed by atoms with Crippen molar-refractivity contribution in [2.24, 2.45) is 5.92 Å². The van der Waals surface area contributed by atoms with E-state index >= 15 is 0 Å². The average Bonchev–Trinajstić information content (AvgIpc) is 2.80. The monoisotopic (exact) mass is 226 g/mol. The number of nitrogens with one attached hydrogen (secondary N) is 1. The summed E-state index contributed by atoms with van der Waals surface area (Å²) in [5.74, 6) is 0.445. The summed E-state index contributed by atoms with van der Waals surface area (Å²) in [5, 5.41) is 0. The smallest absolute Gasteiger partial charge is 0.240 e. The minimum Gasteiger partial charge on any atom is -0.399 e. The van der Waals surface area contributed by atoms with E-state index in [0.717, 1.165) is 6.42 Å². The number of hydrogen-bond donors (Lipinski definition) is 2. The Balaban J connectivity index is 2.21. The molecule has 82 valence electrons. The number of rotatable bonds is 3. The van der Waals surface area contributed by atoms with Gasteiger partial charge < -0.3 is 5.73 Å². The quantitative estimate of drug-likeness (QED) is 0.754. The van der Waals surface area contributed by atoms with Gasteiger partial charge in [0, 0.05) is 11.7 Å². The third-order valence-electron chi connectivity index (χ3n) is 2.58. The number of nitrogen functional groups attached to an aromatic ring is 1. The molecule has 2 atom stereocenters. The Bertz CT molecular complexity index is 470. The molecule has 4 nitrogen and oxygen atoms in total. The van der Waals surface area contributed by atoms with E-state index in [4.69, 9.17) is 5.73 Å². The van der Waals surface area contributed by atoms with Crippen molar-refractivity contribution in [1.82, 2.24) is 4.72 Å². The molecule has 2 unspecified atom stereocenters. The van der Waals surface area contributed by atoms with Gasteiger partial charge in [0.25, 0.3) is 0 Å². The zero-order valence-electron chi connectivity index (χ0n) is 8.47. The molecular weight excluding hydrogens is 212 g/mol. The third-order valence-corrected chi connectivity index (χ3v) is 4.07. The van der Waals surface area contributed by atoms with Gasteiger partial charge in [-0.05, 0) is 30.5 Å². The predicted octanol–water partition coefficient (Wildman–Crippen LogP) is 0.956. The maximum Gasteiger partial charge on any atom is 0.240 e. The molecule has 1 aromatic rings. The van der Waals surface area contributed by atoms with Gasteiger partial charge in [-0.25, -0.2) is 13.1 Å². The van der Waals surface area contributed by atoms with Crippen LogP contribution in [0, 0.1) is 5.92 Å². The van der Waals surface area contributed by atoms with Gasteiger partial charge in [0.2, 0.25) is 10.0 Å². The van der Waals surface area contributed by atoms with Crippen LogP contribution in [0.2, 0.25) is 0 Å². The van der Waals surface area contributed by atoms with E-state index in [-0.39, 0.29) is 10.9 Å². The number of anilines is 1. The van der Waals surface area contributed by atoms with Crippen LogP contribution in [-0.4, -0.2) is 14.5 Å². The molecule has 3 N–H and O–H groups in total. The second-order valence-corrected chi connectivity index (χ2v) is 5.73. The van der Waals surface area contributed by atoms with Crippen molar-refractivity contribution >= 4 is 15.7 Å². The second-order valence-electron chi connectivity index (χ2n) is 4.01. The molecule has 0 aromatic heterocycles. The molecule has 0 aliphatic heterocycles. The molecule has 0 amide bonds. The molecule has 1 aliphatic rings. The molecule has 1 aliphatic carbocycles. The SMILES string of the molecule is CC1CC1NS(=O)(=O)c1cccc(N)c1. The van der Waals surface area contributed by atoms with E-state index in [2.05, 4.69) is 4.72 Å². The number of hydrogen-bond acceptors (Lipinski definition) is 3. The van der Waals surface area contributed by atoms with Crippen molar-refractivity contribution in [1.29, 1.82) is 0 Å². The minimum atomic E-state index is -3.38. The maximum absolute atomic E-state index is 11.8. The molecule has 15 heavy (non-hydrogen) atoms. The molecule has 0 saturated heterocycles. The second kappa shape index (κ2) is 3.50. The van der Waals surface area contributed by atoms with E-state index in [9.17, 15) is 8.42 Å². The van der Waals surface area contributed by atoms with Gasteiger partial charge in [-0.1, -0.05) is 13.0 Å². The fourth-order valence-corrected chi connectivity index (χ4v) is 2.85. The van der Waals surface area contributed by atoms with Gasteiger partial charge in [-0.15, -0.1) is 0 Å². The lowest BCUT2D eigenvalue weighted by Crippen LogP contribution is -2.26. The van der Waals surface area contributed by atoms with E-state index in [1.165, 1.54) is 6.07 Å². The van der Waals surface area contributed by atoms with Crippen LogP contribution in [0.5, 0.6) is 0 Å². The molecule has 0 radical (unpaired) electrons. The number of sulfonamides is 1. The van der Waals surface area contributed by atoms with E-state index in [0.29, 0.717) is 11.6 Å². The topological polar surface area (TPSA) is 72.2 Å². The first-order valence-corrected chi connectivity index (χ1v) is 6.35. The molecule has 1 saturated carbocycles. The van der Waals surface area contributed by atoms with Crippen molar-refractivity contribution in [2.45, 2.75) is 24.3 Å². The van der Waals surface area contributed by atoms with Crippen LogP contribution >= 0.6 is 0 Å². The summed E-state index contributed by atoms with van der Waals surface area (Å²) in [7, 11) is -3.38. The lowest BCUT2D eigenvalue weighted by Gasteiger charge is -2.06. The van der Waals surface area contributed by atoms with Crippen LogP contribution in [0.3, 0.4) is 0 Å². The Morgan fingerprint density at radius 3 is 2.67 bits per heavy atom. The van der Waals surface area contributed by atoms with Gasteiger partial charge in [0.1, 0.15) is 0 Å². The predicted molar refractivity (Wildman–Crippen MR) is 58.7 cm³/mol. The zero-order chi connectivity index (χ0) is 11.1. The molecule has 0 bridgehead atoms. The van der Waals surface area contributed by atoms with Crippen molar-refractivity contribution in [3.05, 3.63) is 24.3 Å². The molecule has 1 aromatic carbocycles. The average molecular weight is 226 g/mol. The van der Waals surface area contributed by atoms with Crippen LogP contribution < -0.4 is 10.5 Å². The van der Waals surface area contributed by atoms with Crippen molar-refractivity contribution in [3.63, 3.8) is 0 Å². The van der Waals surface area contributed by atoms with Gasteiger partial charge in [0.15, 0.2) is 0 Å². The standard InChI is InChI=1S/C10H14N2O2S/c1-7-5-10(7)12-15(13,14)9-4-2-3-8(11)6-9/h2-4,6-7,10,12H,5,11H2,1H3. The Kier molecular flexibility index (Phi) is 2.44. The minimum absolute atomic E-state index is 0.0939. The van der Waals surface area contributed by atoms with Crippen LogP contribution in [0.15, 0.2) is 29.2 Å². The first-order valence-electron chi connectivity index (χ1n) is 4.87. The van der Waals surface area contributed by atoms with Crippen LogP contribution in [0.4, 0.5) is 5.69 Å². The fraction of sp³-hybridized carbons (Fsp3) is 0.400. The van der Waals surface area contributed by atoms with Crippen molar-refractivity contribution < 1.29 is 8.42 Å². The molecule has 0 spiro atoms. The number of benzene rings is 1. The highest BCUT2D eigenvalue weighted by atomic mass is 32.2. The Labute approximate surface area is 89.5 Å². The fourth-order valence-electron chi connectivity index (χ4n) is 1.44. The first-order chi connectivity index (χ1) is 6.99. The number of nitrogens with two attached hydrogens (primary N) is 1.